The largest absolute Gasteiger partial charge is 0.368 e. The Hall–Kier alpha value is -3.43. The Morgan fingerprint density at radius 3 is 2.54 bits per heavy atom. The number of rotatable bonds is 8. The normalized spacial score (nSPS) is 13.8. The lowest BCUT2D eigenvalue weighted by Gasteiger charge is -2.35. The maximum atomic E-state index is 12.6. The number of amides is 2. The number of benzene rings is 1. The second-order valence-electron chi connectivity index (χ2n) is 8.01. The van der Waals surface area contributed by atoms with Crippen LogP contribution in [0.5, 0.6) is 0 Å². The average molecular weight is 511 g/mol. The Labute approximate surface area is 213 Å². The van der Waals surface area contributed by atoms with Gasteiger partial charge in [0.05, 0.1) is 0 Å². The number of piperazine rings is 1. The molecule has 0 bridgehead atoms. The third-order valence-electron chi connectivity index (χ3n) is 5.47. The van der Waals surface area contributed by atoms with E-state index in [1.165, 1.54) is 6.92 Å². The van der Waals surface area contributed by atoms with Gasteiger partial charge in [0, 0.05) is 73.8 Å². The molecule has 0 radical (unpaired) electrons. The third-order valence-corrected chi connectivity index (χ3v) is 6.56. The van der Waals surface area contributed by atoms with Gasteiger partial charge in [0.2, 0.25) is 11.8 Å². The first kappa shape index (κ1) is 24.7. The van der Waals surface area contributed by atoms with Crippen LogP contribution in [-0.2, 0) is 9.59 Å². The van der Waals surface area contributed by atoms with Crippen LogP contribution in [0.3, 0.4) is 0 Å². The molecule has 35 heavy (non-hydrogen) atoms. The van der Waals surface area contributed by atoms with Gasteiger partial charge in [-0.15, -0.1) is 11.3 Å². The first-order valence-corrected chi connectivity index (χ1v) is 12.6. The maximum absolute atomic E-state index is 12.6. The summed E-state index contributed by atoms with van der Waals surface area (Å²) in [4.78, 5) is 38.3. The van der Waals surface area contributed by atoms with Crippen molar-refractivity contribution in [2.75, 3.05) is 49.5 Å². The maximum Gasteiger partial charge on any atom is 0.246 e. The molecule has 4 rings (SSSR count). The second kappa shape index (κ2) is 11.8. The highest BCUT2D eigenvalue weighted by molar-refractivity contribution is 7.10. The van der Waals surface area contributed by atoms with Gasteiger partial charge in [-0.25, -0.2) is 9.97 Å². The van der Waals surface area contributed by atoms with Crippen molar-refractivity contribution >= 4 is 52.5 Å². The predicted molar refractivity (Wildman–Crippen MR) is 142 cm³/mol. The summed E-state index contributed by atoms with van der Waals surface area (Å²) in [6.45, 7) is 5.07. The molecular formula is C25H27ClN6O2S. The van der Waals surface area contributed by atoms with Gasteiger partial charge < -0.3 is 20.4 Å². The minimum atomic E-state index is -0.0744. The molecule has 1 saturated heterocycles. The van der Waals surface area contributed by atoms with Gasteiger partial charge in [-0.05, 0) is 41.8 Å². The zero-order valence-electron chi connectivity index (χ0n) is 19.4. The SMILES string of the molecule is CC(=O)NCCNc1cc(N2CCN(C(=O)/C=C/c3cccs3)CC2)nc(-c2ccc(Cl)cc2)n1. The Morgan fingerprint density at radius 1 is 1.09 bits per heavy atom. The highest BCUT2D eigenvalue weighted by Crippen LogP contribution is 2.25. The molecular weight excluding hydrogens is 484 g/mol. The summed E-state index contributed by atoms with van der Waals surface area (Å²) in [6.07, 6.45) is 3.50. The number of nitrogens with zero attached hydrogens (tertiary/aromatic N) is 4. The molecule has 0 spiro atoms. The van der Waals surface area contributed by atoms with E-state index >= 15 is 0 Å². The van der Waals surface area contributed by atoms with Gasteiger partial charge in [0.15, 0.2) is 5.82 Å². The Kier molecular flexibility index (Phi) is 8.33. The van der Waals surface area contributed by atoms with Crippen molar-refractivity contribution in [3.8, 4) is 11.4 Å². The summed E-state index contributed by atoms with van der Waals surface area (Å²) in [5.41, 5.74) is 0.855. The fourth-order valence-corrected chi connectivity index (χ4v) is 4.39. The van der Waals surface area contributed by atoms with Crippen molar-refractivity contribution in [1.29, 1.82) is 0 Å². The van der Waals surface area contributed by atoms with Crippen LogP contribution in [0.2, 0.25) is 5.02 Å². The van der Waals surface area contributed by atoms with E-state index in [9.17, 15) is 9.59 Å². The molecule has 0 atom stereocenters. The molecule has 1 aromatic carbocycles. The summed E-state index contributed by atoms with van der Waals surface area (Å²) >= 11 is 7.66. The number of carbonyl (C=O) groups excluding carboxylic acids is 2. The summed E-state index contributed by atoms with van der Waals surface area (Å²) in [6, 6.07) is 13.3. The summed E-state index contributed by atoms with van der Waals surface area (Å²) in [5.74, 6) is 1.98. The van der Waals surface area contributed by atoms with E-state index in [1.807, 2.05) is 58.8 Å². The number of hydrogen-bond acceptors (Lipinski definition) is 7. The molecule has 0 saturated carbocycles. The van der Waals surface area contributed by atoms with E-state index < -0.39 is 0 Å². The number of halogens is 1. The zero-order valence-corrected chi connectivity index (χ0v) is 21.0. The smallest absolute Gasteiger partial charge is 0.246 e. The molecule has 2 amide bonds. The van der Waals surface area contributed by atoms with Gasteiger partial charge in [0.25, 0.3) is 0 Å². The number of aromatic nitrogens is 2. The van der Waals surface area contributed by atoms with Crippen molar-refractivity contribution in [1.82, 2.24) is 20.2 Å². The molecule has 8 nitrogen and oxygen atoms in total. The number of anilines is 2. The predicted octanol–water partition coefficient (Wildman–Crippen LogP) is 3.77. The first-order chi connectivity index (χ1) is 17.0. The van der Waals surface area contributed by atoms with E-state index in [0.717, 1.165) is 16.3 Å². The molecule has 182 valence electrons. The highest BCUT2D eigenvalue weighted by atomic mass is 35.5. The van der Waals surface area contributed by atoms with Crippen molar-refractivity contribution in [2.24, 2.45) is 0 Å². The van der Waals surface area contributed by atoms with E-state index in [1.54, 1.807) is 17.4 Å². The minimum absolute atomic E-state index is 0.0166. The van der Waals surface area contributed by atoms with E-state index in [0.29, 0.717) is 55.9 Å². The van der Waals surface area contributed by atoms with Gasteiger partial charge >= 0.3 is 0 Å². The fourth-order valence-electron chi connectivity index (χ4n) is 3.65. The standard InChI is InChI=1S/C25H27ClN6O2S/c1-18(33)27-10-11-28-22-17-23(30-25(29-22)19-4-6-20(26)7-5-19)31-12-14-32(15-13-31)24(34)9-8-21-3-2-16-35-21/h2-9,16-17H,10-15H2,1H3,(H,27,33)(H,28,29,30)/b9-8+. The van der Waals surface area contributed by atoms with Crippen molar-refractivity contribution in [3.05, 3.63) is 63.8 Å². The fraction of sp³-hybridized carbons (Fsp3) is 0.280. The molecule has 3 aromatic rings. The Morgan fingerprint density at radius 2 is 1.86 bits per heavy atom. The molecule has 1 aliphatic heterocycles. The van der Waals surface area contributed by atoms with Crippen LogP contribution in [0.25, 0.3) is 17.5 Å². The van der Waals surface area contributed by atoms with Crippen molar-refractivity contribution < 1.29 is 9.59 Å². The van der Waals surface area contributed by atoms with Crippen LogP contribution >= 0.6 is 22.9 Å². The average Bonchev–Trinajstić information content (AvgIpc) is 3.39. The number of nitrogens with one attached hydrogen (secondary N) is 2. The summed E-state index contributed by atoms with van der Waals surface area (Å²) < 4.78 is 0. The Balaban J connectivity index is 1.46. The summed E-state index contributed by atoms with van der Waals surface area (Å²) in [7, 11) is 0. The molecule has 1 fully saturated rings. The van der Waals surface area contributed by atoms with Crippen molar-refractivity contribution in [2.45, 2.75) is 6.92 Å². The highest BCUT2D eigenvalue weighted by Gasteiger charge is 2.22. The Bertz CT molecular complexity index is 1180. The lowest BCUT2D eigenvalue weighted by atomic mass is 10.2. The van der Waals surface area contributed by atoms with Crippen LogP contribution in [0.15, 0.2) is 53.9 Å². The molecule has 3 heterocycles. The first-order valence-electron chi connectivity index (χ1n) is 11.4. The number of carbonyl (C=O) groups is 2. The van der Waals surface area contributed by atoms with Crippen LogP contribution in [0.1, 0.15) is 11.8 Å². The number of thiophene rings is 1. The van der Waals surface area contributed by atoms with Crippen molar-refractivity contribution in [3.63, 3.8) is 0 Å². The minimum Gasteiger partial charge on any atom is -0.368 e. The lowest BCUT2D eigenvalue weighted by molar-refractivity contribution is -0.126. The monoisotopic (exact) mass is 510 g/mol. The van der Waals surface area contributed by atoms with Crippen LogP contribution in [-0.4, -0.2) is 66.0 Å². The topological polar surface area (TPSA) is 90.5 Å². The lowest BCUT2D eigenvalue weighted by Crippen LogP contribution is -2.48. The third kappa shape index (κ3) is 7.03. The van der Waals surface area contributed by atoms with Crippen LogP contribution < -0.4 is 15.5 Å². The van der Waals surface area contributed by atoms with Crippen LogP contribution in [0, 0.1) is 0 Å². The van der Waals surface area contributed by atoms with E-state index in [2.05, 4.69) is 20.5 Å². The van der Waals surface area contributed by atoms with Gasteiger partial charge in [-0.1, -0.05) is 17.7 Å². The van der Waals surface area contributed by atoms with Gasteiger partial charge in [-0.3, -0.25) is 9.59 Å². The number of hydrogen-bond donors (Lipinski definition) is 2. The summed E-state index contributed by atoms with van der Waals surface area (Å²) in [5, 5.41) is 8.67. The molecule has 0 aliphatic carbocycles. The van der Waals surface area contributed by atoms with E-state index in [-0.39, 0.29) is 11.8 Å². The second-order valence-corrected chi connectivity index (χ2v) is 9.43. The quantitative estimate of drug-likeness (QED) is 0.354. The van der Waals surface area contributed by atoms with Gasteiger partial charge in [0.1, 0.15) is 11.6 Å². The molecule has 2 N–H and O–H groups in total. The zero-order chi connectivity index (χ0) is 24.6. The molecule has 0 unspecified atom stereocenters. The molecule has 1 aliphatic rings. The van der Waals surface area contributed by atoms with Crippen LogP contribution in [0.4, 0.5) is 11.6 Å². The molecule has 2 aromatic heterocycles. The molecule has 10 heteroatoms. The van der Waals surface area contributed by atoms with Gasteiger partial charge in [-0.2, -0.15) is 0 Å². The van der Waals surface area contributed by atoms with E-state index in [4.69, 9.17) is 16.6 Å².